The number of carbonyl (C=O) groups is 1. The average Bonchev–Trinajstić information content (AvgIpc) is 3.23. The largest absolute Gasteiger partial charge is 0.489 e. The molecule has 0 N–H and O–H groups in total. The highest BCUT2D eigenvalue weighted by Gasteiger charge is 2.33. The molecule has 1 aliphatic rings. The smallest absolute Gasteiger partial charge is 0.338 e. The van der Waals surface area contributed by atoms with Gasteiger partial charge in [-0.15, -0.1) is 0 Å². The van der Waals surface area contributed by atoms with Crippen LogP contribution in [0.4, 0.5) is 0 Å². The van der Waals surface area contributed by atoms with Gasteiger partial charge in [0.15, 0.2) is 4.80 Å². The molecule has 1 aliphatic heterocycles. The number of hydrogen-bond donors (Lipinski definition) is 0. The molecule has 39 heavy (non-hydrogen) atoms. The van der Waals surface area contributed by atoms with Gasteiger partial charge in [0.05, 0.1) is 28.5 Å². The molecule has 0 aliphatic carbocycles. The highest BCUT2D eigenvalue weighted by molar-refractivity contribution is 7.07. The number of thiazole rings is 1. The van der Waals surface area contributed by atoms with Crippen LogP contribution in [0.5, 0.6) is 5.75 Å². The lowest BCUT2D eigenvalue weighted by Gasteiger charge is -2.24. The maximum atomic E-state index is 13.7. The Bertz CT molecular complexity index is 1740. The minimum absolute atomic E-state index is 0.214. The fraction of sp³-hybridized carbons (Fsp3) is 0.167. The minimum atomic E-state index is -0.680. The molecule has 0 unspecified atom stereocenters. The first-order valence-electron chi connectivity index (χ1n) is 12.3. The molecule has 4 aromatic rings. The van der Waals surface area contributed by atoms with Gasteiger partial charge in [0, 0.05) is 15.6 Å². The monoisotopic (exact) mass is 578 g/mol. The molecule has 0 saturated heterocycles. The van der Waals surface area contributed by atoms with Crippen LogP contribution in [0.3, 0.4) is 0 Å². The molecule has 1 aromatic heterocycles. The quantitative estimate of drug-likeness (QED) is 0.264. The summed E-state index contributed by atoms with van der Waals surface area (Å²) in [6.07, 6.45) is 1.81. The SMILES string of the molecule is CCOC(=O)C1=C(C)N=c2s/c(=C\c3ccc(OCc4ccccc4Cl)cc3)c(=O)n2[C@H]1c1ccc(Cl)cc1. The second-order valence-corrected chi connectivity index (χ2v) is 10.7. The van der Waals surface area contributed by atoms with E-state index in [0.29, 0.717) is 43.0 Å². The molecule has 0 bridgehead atoms. The van der Waals surface area contributed by atoms with Gasteiger partial charge in [-0.25, -0.2) is 9.79 Å². The van der Waals surface area contributed by atoms with E-state index in [-0.39, 0.29) is 12.2 Å². The van der Waals surface area contributed by atoms with Gasteiger partial charge >= 0.3 is 5.97 Å². The van der Waals surface area contributed by atoms with Crippen molar-refractivity contribution in [3.8, 4) is 5.75 Å². The van der Waals surface area contributed by atoms with Gasteiger partial charge in [-0.05, 0) is 61.4 Å². The topological polar surface area (TPSA) is 69.9 Å². The number of rotatable bonds is 7. The zero-order valence-corrected chi connectivity index (χ0v) is 23.5. The Morgan fingerprint density at radius 2 is 1.77 bits per heavy atom. The summed E-state index contributed by atoms with van der Waals surface area (Å²) in [7, 11) is 0. The van der Waals surface area contributed by atoms with Crippen LogP contribution in [0.25, 0.3) is 6.08 Å². The lowest BCUT2D eigenvalue weighted by molar-refractivity contribution is -0.139. The lowest BCUT2D eigenvalue weighted by Crippen LogP contribution is -2.39. The van der Waals surface area contributed by atoms with Gasteiger partial charge in [0.2, 0.25) is 0 Å². The number of carbonyl (C=O) groups excluding carboxylic acids is 1. The molecule has 198 valence electrons. The molecule has 1 atom stereocenters. The summed E-state index contributed by atoms with van der Waals surface area (Å²) in [6.45, 7) is 4.07. The van der Waals surface area contributed by atoms with E-state index >= 15 is 0 Å². The van der Waals surface area contributed by atoms with Gasteiger partial charge in [-0.2, -0.15) is 0 Å². The van der Waals surface area contributed by atoms with Crippen LogP contribution >= 0.6 is 34.5 Å². The van der Waals surface area contributed by atoms with E-state index in [2.05, 4.69) is 4.99 Å². The number of nitrogens with zero attached hydrogens (tertiary/aromatic N) is 2. The van der Waals surface area contributed by atoms with Gasteiger partial charge < -0.3 is 9.47 Å². The van der Waals surface area contributed by atoms with Crippen molar-refractivity contribution in [3.63, 3.8) is 0 Å². The molecule has 0 amide bonds. The molecule has 5 rings (SSSR count). The average molecular weight is 580 g/mol. The lowest BCUT2D eigenvalue weighted by atomic mass is 9.96. The van der Waals surface area contributed by atoms with Crippen LogP contribution in [0, 0.1) is 0 Å². The molecule has 0 fully saturated rings. The zero-order valence-electron chi connectivity index (χ0n) is 21.2. The van der Waals surface area contributed by atoms with Crippen LogP contribution < -0.4 is 19.6 Å². The maximum absolute atomic E-state index is 13.7. The minimum Gasteiger partial charge on any atom is -0.489 e. The predicted octanol–water partition coefficient (Wildman–Crippen LogP) is 5.68. The van der Waals surface area contributed by atoms with Crippen molar-refractivity contribution in [1.82, 2.24) is 4.57 Å². The zero-order chi connectivity index (χ0) is 27.5. The fourth-order valence-electron chi connectivity index (χ4n) is 4.34. The van der Waals surface area contributed by atoms with E-state index in [4.69, 9.17) is 32.7 Å². The summed E-state index contributed by atoms with van der Waals surface area (Å²) in [5.74, 6) is 0.186. The van der Waals surface area contributed by atoms with Crippen LogP contribution in [0.2, 0.25) is 10.0 Å². The molecular weight excluding hydrogens is 555 g/mol. The van der Waals surface area contributed by atoms with Gasteiger partial charge in [0.1, 0.15) is 12.4 Å². The summed E-state index contributed by atoms with van der Waals surface area (Å²) in [6, 6.07) is 21.4. The maximum Gasteiger partial charge on any atom is 0.338 e. The normalized spacial score (nSPS) is 15.1. The predicted molar refractivity (Wildman–Crippen MR) is 154 cm³/mol. The third-order valence-corrected chi connectivity index (χ3v) is 7.84. The van der Waals surface area contributed by atoms with Crippen molar-refractivity contribution >= 4 is 46.6 Å². The summed E-state index contributed by atoms with van der Waals surface area (Å²) < 4.78 is 13.2. The number of hydrogen-bond acceptors (Lipinski definition) is 6. The molecular formula is C30H24Cl2N2O4S. The standard InChI is InChI=1S/C30H24Cl2N2O4S/c1-3-37-29(36)26-18(2)33-30-34(27(26)20-10-12-22(31)13-11-20)28(35)25(39-30)16-19-8-14-23(15-9-19)38-17-21-6-4-5-7-24(21)32/h4-16,27H,3,17H2,1-2H3/b25-16-/t27-/m0/s1. The number of aromatic nitrogens is 1. The van der Waals surface area contributed by atoms with Crippen LogP contribution in [0.15, 0.2) is 93.9 Å². The van der Waals surface area contributed by atoms with Crippen molar-refractivity contribution in [1.29, 1.82) is 0 Å². The first-order chi connectivity index (χ1) is 18.9. The Hall–Kier alpha value is -3.65. The molecule has 3 aromatic carbocycles. The van der Waals surface area contributed by atoms with Crippen LogP contribution in [0.1, 0.15) is 36.6 Å². The van der Waals surface area contributed by atoms with Gasteiger partial charge in [0.25, 0.3) is 5.56 Å². The van der Waals surface area contributed by atoms with E-state index in [1.807, 2.05) is 66.7 Å². The van der Waals surface area contributed by atoms with Gasteiger partial charge in [-0.3, -0.25) is 9.36 Å². The Labute approximate surface area is 239 Å². The summed E-state index contributed by atoms with van der Waals surface area (Å²) in [5, 5.41) is 1.21. The van der Waals surface area contributed by atoms with Crippen LogP contribution in [-0.2, 0) is 16.1 Å². The second-order valence-electron chi connectivity index (χ2n) is 8.80. The van der Waals surface area contributed by atoms with E-state index in [9.17, 15) is 9.59 Å². The molecule has 2 heterocycles. The Balaban J connectivity index is 1.50. The number of ether oxygens (including phenoxy) is 2. The van der Waals surface area contributed by atoms with Crippen molar-refractivity contribution in [3.05, 3.63) is 130 Å². The third kappa shape index (κ3) is 5.71. The Morgan fingerprint density at radius 3 is 2.46 bits per heavy atom. The van der Waals surface area contributed by atoms with Crippen LogP contribution in [-0.4, -0.2) is 17.1 Å². The Kier molecular flexibility index (Phi) is 8.02. The number of benzene rings is 3. The molecule has 0 spiro atoms. The number of allylic oxidation sites excluding steroid dienone is 1. The first-order valence-corrected chi connectivity index (χ1v) is 13.8. The molecule has 0 saturated carbocycles. The highest BCUT2D eigenvalue weighted by atomic mass is 35.5. The van der Waals surface area contributed by atoms with Gasteiger partial charge in [-0.1, -0.05) is 77.0 Å². The fourth-order valence-corrected chi connectivity index (χ4v) is 5.70. The number of esters is 1. The molecule has 9 heteroatoms. The highest BCUT2D eigenvalue weighted by Crippen LogP contribution is 2.31. The van der Waals surface area contributed by atoms with Crippen molar-refractivity contribution < 1.29 is 14.3 Å². The van der Waals surface area contributed by atoms with E-state index in [1.165, 1.54) is 11.3 Å². The van der Waals surface area contributed by atoms with Crippen molar-refractivity contribution in [2.75, 3.05) is 6.61 Å². The third-order valence-electron chi connectivity index (χ3n) is 6.23. The molecule has 0 radical (unpaired) electrons. The summed E-state index contributed by atoms with van der Waals surface area (Å²) in [4.78, 5) is 31.8. The molecule has 6 nitrogen and oxygen atoms in total. The number of halogens is 2. The van der Waals surface area contributed by atoms with E-state index in [1.54, 1.807) is 30.5 Å². The number of fused-ring (bicyclic) bond motifs is 1. The Morgan fingerprint density at radius 1 is 1.05 bits per heavy atom. The van der Waals surface area contributed by atoms with Crippen molar-refractivity contribution in [2.24, 2.45) is 4.99 Å². The second kappa shape index (κ2) is 11.6. The van der Waals surface area contributed by atoms with E-state index < -0.39 is 12.0 Å². The summed E-state index contributed by atoms with van der Waals surface area (Å²) >= 11 is 13.6. The first kappa shape index (κ1) is 26.9. The summed E-state index contributed by atoms with van der Waals surface area (Å²) in [5.41, 5.74) is 3.07. The van der Waals surface area contributed by atoms with Crippen molar-refractivity contribution in [2.45, 2.75) is 26.5 Å². The van der Waals surface area contributed by atoms with E-state index in [0.717, 1.165) is 16.7 Å².